The van der Waals surface area contributed by atoms with Gasteiger partial charge in [0.2, 0.25) is 11.6 Å². The van der Waals surface area contributed by atoms with Crippen molar-refractivity contribution in [3.8, 4) is 0 Å². The lowest BCUT2D eigenvalue weighted by atomic mass is 9.91. The monoisotopic (exact) mass is 403 g/mol. The van der Waals surface area contributed by atoms with E-state index in [1.165, 1.54) is 0 Å². The van der Waals surface area contributed by atoms with Crippen molar-refractivity contribution >= 4 is 39.9 Å². The zero-order valence-electron chi connectivity index (χ0n) is 15.6. The van der Waals surface area contributed by atoms with Crippen molar-refractivity contribution in [3.63, 3.8) is 0 Å². The third-order valence-electron chi connectivity index (χ3n) is 5.54. The van der Waals surface area contributed by atoms with Gasteiger partial charge in [-0.05, 0) is 18.2 Å². The number of halogens is 1. The zero-order chi connectivity index (χ0) is 20.0. The van der Waals surface area contributed by atoms with Gasteiger partial charge in [-0.1, -0.05) is 54.1 Å². The van der Waals surface area contributed by atoms with Crippen LogP contribution in [0.5, 0.6) is 0 Å². The first-order valence-electron chi connectivity index (χ1n) is 9.57. The van der Waals surface area contributed by atoms with E-state index in [0.29, 0.717) is 43.0 Å². The number of pyridine rings is 1. The number of hydrogen-bond donors (Lipinski definition) is 0. The highest BCUT2D eigenvalue weighted by atomic mass is 35.5. The Labute approximate surface area is 173 Å². The highest BCUT2D eigenvalue weighted by Crippen LogP contribution is 2.31. The van der Waals surface area contributed by atoms with Crippen LogP contribution in [0.1, 0.15) is 20.7 Å². The number of nitrogens with zero attached hydrogens (tertiary/aromatic N) is 3. The fourth-order valence-corrected chi connectivity index (χ4v) is 4.31. The smallest absolute Gasteiger partial charge is 0.211 e. The van der Waals surface area contributed by atoms with Crippen molar-refractivity contribution in [3.05, 3.63) is 82.5 Å². The predicted molar refractivity (Wildman–Crippen MR) is 114 cm³/mol. The van der Waals surface area contributed by atoms with Gasteiger partial charge in [0.1, 0.15) is 16.5 Å². The Bertz CT molecular complexity index is 1180. The molecule has 1 aromatic heterocycles. The molecule has 0 saturated carbocycles. The van der Waals surface area contributed by atoms with E-state index < -0.39 is 0 Å². The maximum Gasteiger partial charge on any atom is 0.211 e. The first-order chi connectivity index (χ1) is 14.1. The van der Waals surface area contributed by atoms with Crippen molar-refractivity contribution in [2.24, 2.45) is 0 Å². The van der Waals surface area contributed by atoms with E-state index >= 15 is 0 Å². The molecule has 6 heteroatoms. The number of hydrogen-bond acceptors (Lipinski definition) is 5. The molecule has 144 valence electrons. The number of benzene rings is 2. The maximum atomic E-state index is 13.0. The standard InChI is InChI=1S/C23H18ClN3O2/c24-20-21(23(29)17-7-3-2-6-16(17)22(20)28)27-13-11-26(12-14-27)19-10-9-15-5-1-4-8-18(15)25-19/h1-10H,11-14H2. The van der Waals surface area contributed by atoms with Crippen molar-refractivity contribution in [2.75, 3.05) is 31.1 Å². The largest absolute Gasteiger partial charge is 0.363 e. The number of aromatic nitrogens is 1. The molecule has 5 rings (SSSR count). The van der Waals surface area contributed by atoms with Crippen molar-refractivity contribution in [1.82, 2.24) is 9.88 Å². The number of fused-ring (bicyclic) bond motifs is 2. The Morgan fingerprint density at radius 1 is 0.724 bits per heavy atom. The van der Waals surface area contributed by atoms with E-state index in [-0.39, 0.29) is 16.6 Å². The molecule has 1 saturated heterocycles. The number of piperazine rings is 1. The highest BCUT2D eigenvalue weighted by molar-refractivity contribution is 6.49. The van der Waals surface area contributed by atoms with E-state index in [0.717, 1.165) is 16.7 Å². The lowest BCUT2D eigenvalue weighted by Crippen LogP contribution is -2.48. The van der Waals surface area contributed by atoms with Crippen LogP contribution in [0.15, 0.2) is 71.4 Å². The van der Waals surface area contributed by atoms with E-state index in [2.05, 4.69) is 11.0 Å². The fourth-order valence-electron chi connectivity index (χ4n) is 4.01. The molecule has 5 nitrogen and oxygen atoms in total. The average Bonchev–Trinajstić information content (AvgIpc) is 2.78. The van der Waals surface area contributed by atoms with Gasteiger partial charge in [0, 0.05) is 42.7 Å². The van der Waals surface area contributed by atoms with E-state index in [1.54, 1.807) is 24.3 Å². The van der Waals surface area contributed by atoms with Crippen molar-refractivity contribution in [1.29, 1.82) is 0 Å². The van der Waals surface area contributed by atoms with Gasteiger partial charge in [-0.2, -0.15) is 0 Å². The molecule has 2 aliphatic rings. The van der Waals surface area contributed by atoms with Gasteiger partial charge in [-0.15, -0.1) is 0 Å². The molecule has 0 N–H and O–H groups in total. The molecule has 1 fully saturated rings. The third kappa shape index (κ3) is 2.98. The molecule has 29 heavy (non-hydrogen) atoms. The van der Waals surface area contributed by atoms with E-state index in [9.17, 15) is 9.59 Å². The first kappa shape index (κ1) is 17.9. The van der Waals surface area contributed by atoms with Crippen LogP contribution in [0.25, 0.3) is 10.9 Å². The molecule has 0 radical (unpaired) electrons. The summed E-state index contributed by atoms with van der Waals surface area (Å²) in [7, 11) is 0. The number of anilines is 1. The Balaban J connectivity index is 1.38. The number of carbonyl (C=O) groups excluding carboxylic acids is 2. The minimum atomic E-state index is -0.282. The van der Waals surface area contributed by atoms with Gasteiger partial charge in [0.25, 0.3) is 0 Å². The summed E-state index contributed by atoms with van der Waals surface area (Å²) in [5.41, 5.74) is 2.09. The number of para-hydroxylation sites is 1. The second kappa shape index (κ2) is 7.01. The molecular formula is C23H18ClN3O2. The van der Waals surface area contributed by atoms with Crippen LogP contribution in [0.3, 0.4) is 0 Å². The Morgan fingerprint density at radius 3 is 2.10 bits per heavy atom. The summed E-state index contributed by atoms with van der Waals surface area (Å²) in [6.45, 7) is 2.59. The number of rotatable bonds is 2. The Hall–Kier alpha value is -3.18. The van der Waals surface area contributed by atoms with Crippen molar-refractivity contribution in [2.45, 2.75) is 0 Å². The molecule has 1 aliphatic heterocycles. The molecule has 0 unspecified atom stereocenters. The first-order valence-corrected chi connectivity index (χ1v) is 9.95. The summed E-state index contributed by atoms with van der Waals surface area (Å²) in [4.78, 5) is 34.5. The summed E-state index contributed by atoms with van der Waals surface area (Å²) in [6.07, 6.45) is 0. The van der Waals surface area contributed by atoms with Gasteiger partial charge in [-0.25, -0.2) is 4.98 Å². The lowest BCUT2D eigenvalue weighted by Gasteiger charge is -2.38. The SMILES string of the molecule is O=C1C(Cl)=C(N2CCN(c3ccc4ccccc4n3)CC2)C(=O)c2ccccc21. The maximum absolute atomic E-state index is 13.0. The zero-order valence-corrected chi connectivity index (χ0v) is 16.4. The molecule has 0 bridgehead atoms. The lowest BCUT2D eigenvalue weighted by molar-refractivity contribution is 0.0944. The van der Waals surface area contributed by atoms with Crippen LogP contribution < -0.4 is 4.90 Å². The third-order valence-corrected chi connectivity index (χ3v) is 5.89. The van der Waals surface area contributed by atoms with Crippen LogP contribution in [0.2, 0.25) is 0 Å². The number of Topliss-reactive ketones (excluding diaryl/α,β-unsaturated/α-hetero) is 2. The minimum Gasteiger partial charge on any atom is -0.363 e. The average molecular weight is 404 g/mol. The highest BCUT2D eigenvalue weighted by Gasteiger charge is 2.35. The number of allylic oxidation sites excluding steroid dienone is 2. The van der Waals surface area contributed by atoms with E-state index in [1.807, 2.05) is 35.2 Å². The molecule has 3 aromatic rings. The fraction of sp³-hybridized carbons (Fsp3) is 0.174. The summed E-state index contributed by atoms with van der Waals surface area (Å²) in [5.74, 6) is 0.456. The van der Waals surface area contributed by atoms with Gasteiger partial charge in [0.05, 0.1) is 5.52 Å². The summed E-state index contributed by atoms with van der Waals surface area (Å²) >= 11 is 6.35. The molecule has 2 heterocycles. The molecule has 0 amide bonds. The summed E-state index contributed by atoms with van der Waals surface area (Å²) in [5, 5.41) is 1.13. The number of ketones is 2. The Kier molecular flexibility index (Phi) is 4.32. The summed E-state index contributed by atoms with van der Waals surface area (Å²) in [6, 6.07) is 19.0. The predicted octanol–water partition coefficient (Wildman–Crippen LogP) is 3.89. The molecular weight excluding hydrogens is 386 g/mol. The quantitative estimate of drug-likeness (QED) is 0.649. The van der Waals surface area contributed by atoms with Crippen LogP contribution in [-0.4, -0.2) is 47.6 Å². The molecule has 2 aromatic carbocycles. The van der Waals surface area contributed by atoms with E-state index in [4.69, 9.17) is 16.6 Å². The van der Waals surface area contributed by atoms with Crippen LogP contribution in [0.4, 0.5) is 5.82 Å². The van der Waals surface area contributed by atoms with Gasteiger partial charge in [-0.3, -0.25) is 9.59 Å². The van der Waals surface area contributed by atoms with Gasteiger partial charge >= 0.3 is 0 Å². The normalized spacial score (nSPS) is 17.1. The van der Waals surface area contributed by atoms with Gasteiger partial charge < -0.3 is 9.80 Å². The van der Waals surface area contributed by atoms with Crippen molar-refractivity contribution < 1.29 is 9.59 Å². The van der Waals surface area contributed by atoms with Crippen LogP contribution in [0, 0.1) is 0 Å². The second-order valence-electron chi connectivity index (χ2n) is 7.20. The Morgan fingerprint density at radius 2 is 1.34 bits per heavy atom. The number of carbonyl (C=O) groups is 2. The molecule has 0 spiro atoms. The van der Waals surface area contributed by atoms with Crippen LogP contribution >= 0.6 is 11.6 Å². The molecule has 1 aliphatic carbocycles. The topological polar surface area (TPSA) is 53.5 Å². The minimum absolute atomic E-state index is 0.0194. The van der Waals surface area contributed by atoms with Crippen LogP contribution in [-0.2, 0) is 0 Å². The second-order valence-corrected chi connectivity index (χ2v) is 7.58. The molecule has 0 atom stereocenters. The van der Waals surface area contributed by atoms with Gasteiger partial charge in [0.15, 0.2) is 0 Å². The summed E-state index contributed by atoms with van der Waals surface area (Å²) < 4.78 is 0.